The molecule has 0 spiro atoms. The lowest BCUT2D eigenvalue weighted by Crippen LogP contribution is -2.23. The second-order valence-corrected chi connectivity index (χ2v) is 3.07. The lowest BCUT2D eigenvalue weighted by molar-refractivity contribution is -0.132. The Balaban J connectivity index is 4.24. The van der Waals surface area contributed by atoms with Crippen molar-refractivity contribution in [3.8, 4) is 0 Å². The summed E-state index contributed by atoms with van der Waals surface area (Å²) in [6.45, 7) is 0.207. The molecule has 9 heteroatoms. The van der Waals surface area contributed by atoms with Crippen LogP contribution >= 0.6 is 0 Å². The summed E-state index contributed by atoms with van der Waals surface area (Å²) in [6, 6.07) is 0. The number of aliphatic imine (C=N–C) groups is 1. The average molecular weight is 236 g/mol. The summed E-state index contributed by atoms with van der Waals surface area (Å²) in [5.74, 6) is -1.43. The molecule has 0 aliphatic carbocycles. The quantitative estimate of drug-likeness (QED) is 0.122. The molecule has 0 saturated heterocycles. The molecule has 1 unspecified atom stereocenters. The summed E-state index contributed by atoms with van der Waals surface area (Å²) < 4.78 is 20.5. The molecule has 0 aliphatic rings. The maximum atomic E-state index is 10.5. The first kappa shape index (κ1) is 13.4. The van der Waals surface area contributed by atoms with E-state index in [0.717, 1.165) is 0 Å². The average Bonchev–Trinajstić information content (AvgIpc) is 2.08. The Bertz CT molecular complexity index is 310. The molecule has 86 valence electrons. The molecule has 0 amide bonds. The van der Waals surface area contributed by atoms with Gasteiger partial charge < -0.3 is 16.6 Å². The molecule has 0 fully saturated rings. The molecule has 0 saturated carbocycles. The van der Waals surface area contributed by atoms with Crippen molar-refractivity contribution in [2.45, 2.75) is 6.42 Å². The van der Waals surface area contributed by atoms with Gasteiger partial charge in [0.1, 0.15) is 5.70 Å². The topological polar surface area (TPSA) is 151 Å². The molecule has 0 aromatic carbocycles. The van der Waals surface area contributed by atoms with E-state index in [-0.39, 0.29) is 24.6 Å². The number of carboxylic acid groups (broad SMARTS) is 1. The summed E-state index contributed by atoms with van der Waals surface area (Å²) in [5.41, 5.74) is 9.70. The molecular formula is C6H12N4O4S. The summed E-state index contributed by atoms with van der Waals surface area (Å²) in [5, 5.41) is 8.57. The normalized spacial score (nSPS) is 13.0. The molecule has 1 atom stereocenters. The predicted octanol–water partition coefficient (Wildman–Crippen LogP) is -1.66. The van der Waals surface area contributed by atoms with Gasteiger partial charge in [0.15, 0.2) is 5.96 Å². The predicted molar refractivity (Wildman–Crippen MR) is 54.9 cm³/mol. The van der Waals surface area contributed by atoms with E-state index in [1.54, 1.807) is 0 Å². The summed E-state index contributed by atoms with van der Waals surface area (Å²) in [4.78, 5) is 14.1. The molecule has 0 aliphatic heterocycles. The number of aliphatic carboxylic acids is 1. The van der Waals surface area contributed by atoms with E-state index in [1.807, 2.05) is 4.72 Å². The van der Waals surface area contributed by atoms with Crippen molar-refractivity contribution >= 4 is 23.2 Å². The van der Waals surface area contributed by atoms with Gasteiger partial charge in [0.05, 0.1) is 0 Å². The smallest absolute Gasteiger partial charge is 0.352 e. The summed E-state index contributed by atoms with van der Waals surface area (Å²) in [6.07, 6.45) is 1.45. The maximum absolute atomic E-state index is 10.5. The van der Waals surface area contributed by atoms with Gasteiger partial charge in [-0.25, -0.2) is 9.00 Å². The number of hydrogen-bond acceptors (Lipinski definition) is 3. The van der Waals surface area contributed by atoms with Crippen LogP contribution in [-0.2, 0) is 16.1 Å². The van der Waals surface area contributed by atoms with Crippen LogP contribution in [0, 0.1) is 0 Å². The van der Waals surface area contributed by atoms with Crippen molar-refractivity contribution in [2.24, 2.45) is 16.5 Å². The highest BCUT2D eigenvalue weighted by Gasteiger charge is 2.07. The third-order valence-corrected chi connectivity index (χ3v) is 1.59. The molecule has 0 aromatic rings. The molecule has 0 aromatic heterocycles. The fourth-order valence-electron chi connectivity index (χ4n) is 0.669. The highest BCUT2D eigenvalue weighted by Crippen LogP contribution is 1.94. The Morgan fingerprint density at radius 2 is 2.13 bits per heavy atom. The number of rotatable bonds is 6. The van der Waals surface area contributed by atoms with Gasteiger partial charge in [0.2, 0.25) is 0 Å². The van der Waals surface area contributed by atoms with Crippen molar-refractivity contribution in [1.82, 2.24) is 4.72 Å². The van der Waals surface area contributed by atoms with Gasteiger partial charge in [-0.1, -0.05) is 6.08 Å². The lowest BCUT2D eigenvalue weighted by atomic mass is 10.3. The number of nitrogens with zero attached hydrogens (tertiary/aromatic N) is 1. The molecular weight excluding hydrogens is 224 g/mol. The zero-order valence-electron chi connectivity index (χ0n) is 7.71. The summed E-state index contributed by atoms with van der Waals surface area (Å²) in [7, 11) is 0. The second kappa shape index (κ2) is 6.79. The minimum Gasteiger partial charge on any atom is -0.477 e. The van der Waals surface area contributed by atoms with E-state index < -0.39 is 17.2 Å². The first-order chi connectivity index (χ1) is 6.93. The fourth-order valence-corrected chi connectivity index (χ4v) is 1.03. The first-order valence-electron chi connectivity index (χ1n) is 3.80. The van der Waals surface area contributed by atoms with Gasteiger partial charge in [-0.05, 0) is 6.42 Å². The van der Waals surface area contributed by atoms with Gasteiger partial charge >= 0.3 is 5.97 Å². The van der Waals surface area contributed by atoms with Crippen molar-refractivity contribution in [3.05, 3.63) is 11.8 Å². The zero-order valence-corrected chi connectivity index (χ0v) is 8.53. The number of carbonyl (C=O) groups is 1. The van der Waals surface area contributed by atoms with Crippen molar-refractivity contribution in [1.29, 1.82) is 0 Å². The zero-order chi connectivity index (χ0) is 11.8. The van der Waals surface area contributed by atoms with Crippen molar-refractivity contribution in [2.75, 3.05) is 6.54 Å². The second-order valence-electron chi connectivity index (χ2n) is 2.37. The molecule has 0 heterocycles. The van der Waals surface area contributed by atoms with E-state index >= 15 is 0 Å². The van der Waals surface area contributed by atoms with E-state index in [0.29, 0.717) is 0 Å². The number of guanidine groups is 1. The van der Waals surface area contributed by atoms with Crippen LogP contribution in [0.25, 0.3) is 0 Å². The third-order valence-electron chi connectivity index (χ3n) is 1.20. The molecule has 0 rings (SSSR count). The summed E-state index contributed by atoms with van der Waals surface area (Å²) >= 11 is -2.41. The van der Waals surface area contributed by atoms with Gasteiger partial charge in [-0.15, -0.1) is 0 Å². The van der Waals surface area contributed by atoms with Crippen LogP contribution in [0.4, 0.5) is 0 Å². The number of nitrogens with one attached hydrogen (secondary N) is 1. The van der Waals surface area contributed by atoms with Crippen LogP contribution in [0.15, 0.2) is 16.8 Å². The van der Waals surface area contributed by atoms with E-state index in [9.17, 15) is 9.00 Å². The van der Waals surface area contributed by atoms with Gasteiger partial charge in [-0.3, -0.25) is 14.3 Å². The highest BCUT2D eigenvalue weighted by atomic mass is 32.2. The lowest BCUT2D eigenvalue weighted by Gasteiger charge is -2.00. The molecule has 0 radical (unpaired) electrons. The van der Waals surface area contributed by atoms with Crippen molar-refractivity contribution < 1.29 is 18.7 Å². The molecule has 7 N–H and O–H groups in total. The Kier molecular flexibility index (Phi) is 6.06. The molecule has 15 heavy (non-hydrogen) atoms. The third kappa shape index (κ3) is 7.46. The largest absolute Gasteiger partial charge is 0.477 e. The fraction of sp³-hybridized carbons (Fsp3) is 0.333. The SMILES string of the molecule is NC(N)=NCCC=C(NS(=O)O)C(=O)O. The van der Waals surface area contributed by atoms with Crippen LogP contribution in [0.2, 0.25) is 0 Å². The molecule has 0 bridgehead atoms. The monoisotopic (exact) mass is 236 g/mol. The van der Waals surface area contributed by atoms with Crippen LogP contribution in [-0.4, -0.2) is 32.3 Å². The van der Waals surface area contributed by atoms with Gasteiger partial charge in [-0.2, -0.15) is 0 Å². The Morgan fingerprint density at radius 3 is 2.53 bits per heavy atom. The van der Waals surface area contributed by atoms with Crippen LogP contribution in [0.3, 0.4) is 0 Å². The minimum absolute atomic E-state index is 0.0982. The number of carboxylic acids is 1. The maximum Gasteiger partial charge on any atom is 0.352 e. The van der Waals surface area contributed by atoms with Crippen LogP contribution < -0.4 is 16.2 Å². The van der Waals surface area contributed by atoms with Crippen LogP contribution in [0.5, 0.6) is 0 Å². The first-order valence-corrected chi connectivity index (χ1v) is 4.90. The van der Waals surface area contributed by atoms with Crippen LogP contribution in [0.1, 0.15) is 6.42 Å². The Labute approximate surface area is 88.5 Å². The van der Waals surface area contributed by atoms with Gasteiger partial charge in [0, 0.05) is 6.54 Å². The van der Waals surface area contributed by atoms with E-state index in [4.69, 9.17) is 21.1 Å². The molecule has 8 nitrogen and oxygen atoms in total. The van der Waals surface area contributed by atoms with Crippen molar-refractivity contribution in [3.63, 3.8) is 0 Å². The van der Waals surface area contributed by atoms with Gasteiger partial charge in [0.25, 0.3) is 11.3 Å². The Hall–Kier alpha value is -1.61. The van der Waals surface area contributed by atoms with E-state index in [2.05, 4.69) is 4.99 Å². The Morgan fingerprint density at radius 1 is 1.53 bits per heavy atom. The highest BCUT2D eigenvalue weighted by molar-refractivity contribution is 7.77. The van der Waals surface area contributed by atoms with E-state index in [1.165, 1.54) is 6.08 Å². The number of hydrogen-bond donors (Lipinski definition) is 5. The number of nitrogens with two attached hydrogens (primary N) is 2. The standard InChI is InChI=1S/C6H12N4O4S/c7-6(8)9-3-1-2-4(5(11)12)10-15(13)14/h2,10H,1,3H2,(H,11,12)(H,13,14)(H4,7,8,9). The minimum atomic E-state index is -2.41.